The number of nitrogen functional groups attached to an aromatic ring is 1. The Morgan fingerprint density at radius 3 is 2.76 bits per heavy atom. The lowest BCUT2D eigenvalue weighted by Crippen LogP contribution is -1.96. The first-order chi connectivity index (χ1) is 8.13. The molecule has 0 radical (unpaired) electrons. The van der Waals surface area contributed by atoms with Crippen molar-refractivity contribution < 1.29 is 13.7 Å². The third-order valence-electron chi connectivity index (χ3n) is 2.48. The van der Waals surface area contributed by atoms with Crippen molar-refractivity contribution in [3.63, 3.8) is 0 Å². The average molecular weight is 236 g/mol. The van der Waals surface area contributed by atoms with Crippen LogP contribution in [-0.2, 0) is 0 Å². The summed E-state index contributed by atoms with van der Waals surface area (Å²) in [6.45, 7) is 1.45. The third-order valence-corrected chi connectivity index (χ3v) is 2.48. The molecule has 2 aromatic rings. The lowest BCUT2D eigenvalue weighted by Gasteiger charge is -2.12. The maximum absolute atomic E-state index is 13.7. The largest absolute Gasteiger partial charge is 0.496 e. The van der Waals surface area contributed by atoms with E-state index in [4.69, 9.17) is 15.0 Å². The first-order valence-corrected chi connectivity index (χ1v) is 5.17. The molecule has 1 aromatic heterocycles. The van der Waals surface area contributed by atoms with Crippen LogP contribution in [0.5, 0.6) is 5.75 Å². The zero-order chi connectivity index (χ0) is 12.4. The fourth-order valence-corrected chi connectivity index (χ4v) is 1.76. The molecular formula is C12H13FN2O2. The number of ether oxygens (including phenoxy) is 1. The van der Waals surface area contributed by atoms with Gasteiger partial charge in [-0.25, -0.2) is 4.39 Å². The second-order valence-corrected chi connectivity index (χ2v) is 3.65. The standard InChI is InChI=1S/C12H13FN2O2/c1-7(13)12-8(4-3-5-9(12)16-2)10-6-11(14)15-17-10/h3-7H,1-2H3,(H2,14,15). The number of hydrogen-bond acceptors (Lipinski definition) is 4. The van der Waals surface area contributed by atoms with Crippen molar-refractivity contribution in [2.24, 2.45) is 0 Å². The minimum Gasteiger partial charge on any atom is -0.496 e. The topological polar surface area (TPSA) is 61.3 Å². The van der Waals surface area contributed by atoms with Crippen LogP contribution in [0, 0.1) is 0 Å². The van der Waals surface area contributed by atoms with E-state index >= 15 is 0 Å². The number of aromatic nitrogens is 1. The van der Waals surface area contributed by atoms with Crippen molar-refractivity contribution in [1.82, 2.24) is 5.16 Å². The van der Waals surface area contributed by atoms with Gasteiger partial charge in [-0.15, -0.1) is 0 Å². The Bertz CT molecular complexity index is 523. The normalized spacial score (nSPS) is 12.4. The number of nitrogens with two attached hydrogens (primary N) is 1. The van der Waals surface area contributed by atoms with E-state index in [-0.39, 0.29) is 5.82 Å². The van der Waals surface area contributed by atoms with Crippen LogP contribution >= 0.6 is 0 Å². The molecule has 0 fully saturated rings. The predicted molar refractivity (Wildman–Crippen MR) is 62.4 cm³/mol. The number of halogens is 1. The second-order valence-electron chi connectivity index (χ2n) is 3.65. The zero-order valence-corrected chi connectivity index (χ0v) is 9.61. The molecule has 1 aromatic carbocycles. The summed E-state index contributed by atoms with van der Waals surface area (Å²) >= 11 is 0. The van der Waals surface area contributed by atoms with E-state index in [1.165, 1.54) is 14.0 Å². The quantitative estimate of drug-likeness (QED) is 0.889. The Kier molecular flexibility index (Phi) is 2.99. The van der Waals surface area contributed by atoms with Crippen LogP contribution < -0.4 is 10.5 Å². The van der Waals surface area contributed by atoms with Gasteiger partial charge in [-0.05, 0) is 13.0 Å². The molecule has 2 rings (SSSR count). The SMILES string of the molecule is COc1cccc(-c2cc(N)no2)c1C(C)F. The van der Waals surface area contributed by atoms with Crippen molar-refractivity contribution >= 4 is 5.82 Å². The van der Waals surface area contributed by atoms with Crippen molar-refractivity contribution in [3.8, 4) is 17.1 Å². The van der Waals surface area contributed by atoms with Gasteiger partial charge in [0.15, 0.2) is 11.6 Å². The molecule has 0 amide bonds. The van der Waals surface area contributed by atoms with Gasteiger partial charge in [-0.2, -0.15) is 0 Å². The van der Waals surface area contributed by atoms with E-state index in [1.807, 2.05) is 0 Å². The van der Waals surface area contributed by atoms with Gasteiger partial charge in [0.05, 0.1) is 7.11 Å². The second kappa shape index (κ2) is 4.45. The summed E-state index contributed by atoms with van der Waals surface area (Å²) in [7, 11) is 1.50. The summed E-state index contributed by atoms with van der Waals surface area (Å²) in [5.74, 6) is 1.17. The lowest BCUT2D eigenvalue weighted by molar-refractivity contribution is 0.346. The van der Waals surface area contributed by atoms with E-state index < -0.39 is 6.17 Å². The van der Waals surface area contributed by atoms with Gasteiger partial charge < -0.3 is 15.0 Å². The molecule has 1 unspecified atom stereocenters. The van der Waals surface area contributed by atoms with Gasteiger partial charge >= 0.3 is 0 Å². The number of benzene rings is 1. The highest BCUT2D eigenvalue weighted by Crippen LogP contribution is 2.37. The van der Waals surface area contributed by atoms with Crippen LogP contribution in [0.4, 0.5) is 10.2 Å². The van der Waals surface area contributed by atoms with Gasteiger partial charge in [0.2, 0.25) is 0 Å². The van der Waals surface area contributed by atoms with Gasteiger partial charge in [-0.3, -0.25) is 0 Å². The lowest BCUT2D eigenvalue weighted by atomic mass is 10.0. The van der Waals surface area contributed by atoms with Crippen molar-refractivity contribution in [3.05, 3.63) is 29.8 Å². The number of nitrogens with zero attached hydrogens (tertiary/aromatic N) is 1. The molecule has 1 atom stereocenters. The van der Waals surface area contributed by atoms with E-state index in [1.54, 1.807) is 24.3 Å². The Balaban J connectivity index is 2.60. The fraction of sp³-hybridized carbons (Fsp3) is 0.250. The van der Waals surface area contributed by atoms with Crippen molar-refractivity contribution in [1.29, 1.82) is 0 Å². The molecule has 17 heavy (non-hydrogen) atoms. The van der Waals surface area contributed by atoms with Crippen LogP contribution in [0.1, 0.15) is 18.7 Å². The summed E-state index contributed by atoms with van der Waals surface area (Å²) in [5.41, 5.74) is 6.52. The minimum absolute atomic E-state index is 0.264. The van der Waals surface area contributed by atoms with E-state index in [2.05, 4.69) is 5.16 Å². The Morgan fingerprint density at radius 1 is 1.47 bits per heavy atom. The van der Waals surface area contributed by atoms with Gasteiger partial charge in [0, 0.05) is 17.2 Å². The smallest absolute Gasteiger partial charge is 0.169 e. The Labute approximate surface area is 98.2 Å². The molecule has 90 valence electrons. The van der Waals surface area contributed by atoms with Crippen LogP contribution in [0.2, 0.25) is 0 Å². The minimum atomic E-state index is -1.17. The fourth-order valence-electron chi connectivity index (χ4n) is 1.76. The molecule has 5 heteroatoms. The molecule has 2 N–H and O–H groups in total. The van der Waals surface area contributed by atoms with Crippen LogP contribution in [0.25, 0.3) is 11.3 Å². The Hall–Kier alpha value is -2.04. The monoisotopic (exact) mass is 236 g/mol. The summed E-state index contributed by atoms with van der Waals surface area (Å²) in [6.07, 6.45) is -1.17. The molecule has 1 heterocycles. The summed E-state index contributed by atoms with van der Waals surface area (Å²) in [6, 6.07) is 6.77. The van der Waals surface area contributed by atoms with Crippen LogP contribution in [0.15, 0.2) is 28.8 Å². The predicted octanol–water partition coefficient (Wildman–Crippen LogP) is 2.96. The highest BCUT2D eigenvalue weighted by atomic mass is 19.1. The maximum Gasteiger partial charge on any atom is 0.169 e. The van der Waals surface area contributed by atoms with Crippen LogP contribution in [-0.4, -0.2) is 12.3 Å². The summed E-state index contributed by atoms with van der Waals surface area (Å²) in [5, 5.41) is 3.59. The zero-order valence-electron chi connectivity index (χ0n) is 9.61. The van der Waals surface area contributed by atoms with Gasteiger partial charge in [-0.1, -0.05) is 17.3 Å². The molecule has 4 nitrogen and oxygen atoms in total. The van der Waals surface area contributed by atoms with Gasteiger partial charge in [0.1, 0.15) is 11.9 Å². The molecule has 0 saturated carbocycles. The summed E-state index contributed by atoms with van der Waals surface area (Å²) in [4.78, 5) is 0. The number of anilines is 1. The average Bonchev–Trinajstić information content (AvgIpc) is 2.74. The molecule has 0 saturated heterocycles. The third kappa shape index (κ3) is 2.08. The molecular weight excluding hydrogens is 223 g/mol. The first-order valence-electron chi connectivity index (χ1n) is 5.17. The summed E-state index contributed by atoms with van der Waals surface area (Å²) < 4.78 is 23.8. The number of methoxy groups -OCH3 is 1. The molecule has 0 bridgehead atoms. The number of hydrogen-bond donors (Lipinski definition) is 1. The van der Waals surface area contributed by atoms with E-state index in [0.717, 1.165) is 0 Å². The van der Waals surface area contributed by atoms with Crippen molar-refractivity contribution in [2.75, 3.05) is 12.8 Å². The maximum atomic E-state index is 13.7. The van der Waals surface area contributed by atoms with Crippen LogP contribution in [0.3, 0.4) is 0 Å². The first kappa shape index (κ1) is 11.4. The van der Waals surface area contributed by atoms with E-state index in [9.17, 15) is 4.39 Å². The molecule has 0 aliphatic rings. The highest BCUT2D eigenvalue weighted by molar-refractivity contribution is 5.68. The Morgan fingerprint density at radius 2 is 2.24 bits per heavy atom. The molecule has 0 aliphatic carbocycles. The van der Waals surface area contributed by atoms with Crippen molar-refractivity contribution in [2.45, 2.75) is 13.1 Å². The molecule has 0 spiro atoms. The highest BCUT2D eigenvalue weighted by Gasteiger charge is 2.19. The number of alkyl halides is 1. The van der Waals surface area contributed by atoms with E-state index in [0.29, 0.717) is 22.6 Å². The molecule has 0 aliphatic heterocycles. The van der Waals surface area contributed by atoms with Gasteiger partial charge in [0.25, 0.3) is 0 Å². The number of rotatable bonds is 3.